The van der Waals surface area contributed by atoms with Crippen molar-refractivity contribution < 1.29 is 0 Å². The molecule has 2 heteroatoms. The van der Waals surface area contributed by atoms with E-state index in [9.17, 15) is 0 Å². The summed E-state index contributed by atoms with van der Waals surface area (Å²) in [6.07, 6.45) is 0. The molecule has 0 aromatic heterocycles. The van der Waals surface area contributed by atoms with Gasteiger partial charge >= 0.3 is 0 Å². The fraction of sp³-hybridized carbons (Fsp3) is 0.0526. The average molecular weight is 485 g/mol. The summed E-state index contributed by atoms with van der Waals surface area (Å²) in [7, 11) is -0.467. The smallest absolute Gasteiger partial charge is 0 e. The standard InChI is InChI=1S/C19H17P.Bi/c1-16-10-8-9-15-19(16)20(17-11-4-2-5-12-17)18-13-6-3-7-14-18;/h2-15H,1H3;. The van der Waals surface area contributed by atoms with Gasteiger partial charge in [-0.1, -0.05) is 84.9 Å². The summed E-state index contributed by atoms with van der Waals surface area (Å²) in [4.78, 5) is 0. The Bertz CT molecular complexity index is 641. The molecule has 0 saturated heterocycles. The minimum absolute atomic E-state index is 0. The molecule has 0 bridgehead atoms. The predicted molar refractivity (Wildman–Crippen MR) is 95.6 cm³/mol. The minimum atomic E-state index is -0.467. The Kier molecular flexibility index (Phi) is 6.10. The van der Waals surface area contributed by atoms with Crippen LogP contribution < -0.4 is 15.9 Å². The van der Waals surface area contributed by atoms with Gasteiger partial charge in [-0.15, -0.1) is 0 Å². The van der Waals surface area contributed by atoms with Gasteiger partial charge in [0.2, 0.25) is 0 Å². The van der Waals surface area contributed by atoms with E-state index in [0.717, 1.165) is 0 Å². The quantitative estimate of drug-likeness (QED) is 0.395. The molecule has 3 rings (SSSR count). The van der Waals surface area contributed by atoms with Gasteiger partial charge in [-0.25, -0.2) is 0 Å². The Labute approximate surface area is 147 Å². The molecular weight excluding hydrogens is 468 g/mol. The van der Waals surface area contributed by atoms with Crippen LogP contribution in [0.1, 0.15) is 5.56 Å². The van der Waals surface area contributed by atoms with Crippen LogP contribution >= 0.6 is 7.92 Å². The Hall–Kier alpha value is -1.03. The first-order chi connectivity index (χ1) is 9.86. The molecule has 0 atom stereocenters. The second-order valence-electron chi connectivity index (χ2n) is 4.79. The molecule has 3 aromatic rings. The maximum atomic E-state index is 2.26. The number of hydrogen-bond donors (Lipinski definition) is 0. The topological polar surface area (TPSA) is 0 Å². The Morgan fingerprint density at radius 2 is 1.00 bits per heavy atom. The van der Waals surface area contributed by atoms with Crippen LogP contribution in [0.5, 0.6) is 0 Å². The average Bonchev–Trinajstić information content (AvgIpc) is 2.52. The molecule has 0 aliphatic carbocycles. The summed E-state index contributed by atoms with van der Waals surface area (Å²) in [6.45, 7) is 2.20. The molecule has 0 fully saturated rings. The normalized spacial score (nSPS) is 10.2. The first-order valence-corrected chi connectivity index (χ1v) is 8.16. The first-order valence-electron chi connectivity index (χ1n) is 6.82. The third-order valence-corrected chi connectivity index (χ3v) is 6.00. The van der Waals surface area contributed by atoms with Gasteiger partial charge in [-0.2, -0.15) is 0 Å². The van der Waals surface area contributed by atoms with Crippen LogP contribution in [-0.2, 0) is 0 Å². The van der Waals surface area contributed by atoms with E-state index in [0.29, 0.717) is 0 Å². The summed E-state index contributed by atoms with van der Waals surface area (Å²) in [5.41, 5.74) is 1.37. The third kappa shape index (κ3) is 3.79. The summed E-state index contributed by atoms with van der Waals surface area (Å²) in [5, 5.41) is 4.26. The molecule has 0 aliphatic heterocycles. The molecule has 0 unspecified atom stereocenters. The van der Waals surface area contributed by atoms with E-state index in [-0.39, 0.29) is 26.2 Å². The van der Waals surface area contributed by atoms with Gasteiger partial charge in [0.15, 0.2) is 0 Å². The van der Waals surface area contributed by atoms with Crippen molar-refractivity contribution in [2.75, 3.05) is 0 Å². The van der Waals surface area contributed by atoms with Crippen LogP contribution in [0, 0.1) is 6.92 Å². The van der Waals surface area contributed by atoms with Crippen molar-refractivity contribution in [1.82, 2.24) is 0 Å². The molecule has 0 nitrogen and oxygen atoms in total. The van der Waals surface area contributed by atoms with Gasteiger partial charge in [0.25, 0.3) is 0 Å². The fourth-order valence-corrected chi connectivity index (χ4v) is 4.85. The van der Waals surface area contributed by atoms with Crippen LogP contribution in [0.2, 0.25) is 0 Å². The summed E-state index contributed by atoms with van der Waals surface area (Å²) in [6, 6.07) is 30.4. The molecule has 0 spiro atoms. The second-order valence-corrected chi connectivity index (χ2v) is 6.98. The maximum absolute atomic E-state index is 2.26. The summed E-state index contributed by atoms with van der Waals surface area (Å²) < 4.78 is 0. The van der Waals surface area contributed by atoms with Crippen molar-refractivity contribution >= 4 is 50.0 Å². The van der Waals surface area contributed by atoms with E-state index < -0.39 is 7.92 Å². The third-order valence-electron chi connectivity index (χ3n) is 3.39. The predicted octanol–water partition coefficient (Wildman–Crippen LogP) is 3.37. The van der Waals surface area contributed by atoms with Crippen molar-refractivity contribution in [3.05, 3.63) is 90.5 Å². The molecule has 103 valence electrons. The maximum Gasteiger partial charge on any atom is 0 e. The fourth-order valence-electron chi connectivity index (χ4n) is 2.40. The molecule has 0 aliphatic rings. The van der Waals surface area contributed by atoms with Crippen molar-refractivity contribution in [3.8, 4) is 0 Å². The zero-order chi connectivity index (χ0) is 13.8. The van der Waals surface area contributed by atoms with Crippen LogP contribution in [0.25, 0.3) is 0 Å². The van der Waals surface area contributed by atoms with Crippen molar-refractivity contribution in [2.45, 2.75) is 6.92 Å². The Morgan fingerprint density at radius 3 is 1.48 bits per heavy atom. The van der Waals surface area contributed by atoms with Crippen molar-refractivity contribution in [3.63, 3.8) is 0 Å². The summed E-state index contributed by atoms with van der Waals surface area (Å²) >= 11 is 0. The Balaban J connectivity index is 0.00000161. The van der Waals surface area contributed by atoms with E-state index in [4.69, 9.17) is 0 Å². The molecule has 0 heterocycles. The zero-order valence-corrected chi connectivity index (χ0v) is 16.3. The number of aryl methyl sites for hydroxylation is 1. The molecule has 3 radical (unpaired) electrons. The van der Waals surface area contributed by atoms with Crippen LogP contribution in [0.15, 0.2) is 84.9 Å². The molecular formula is C19H17BiP. The van der Waals surface area contributed by atoms with E-state index in [1.165, 1.54) is 21.5 Å². The minimum Gasteiger partial charge on any atom is -0.0622 e. The van der Waals surface area contributed by atoms with Gasteiger partial charge in [-0.05, 0) is 36.3 Å². The van der Waals surface area contributed by atoms with E-state index in [1.807, 2.05) is 0 Å². The van der Waals surface area contributed by atoms with Gasteiger partial charge in [0.05, 0.1) is 0 Å². The van der Waals surface area contributed by atoms with E-state index in [2.05, 4.69) is 91.9 Å². The number of benzene rings is 3. The summed E-state index contributed by atoms with van der Waals surface area (Å²) in [5.74, 6) is 0. The zero-order valence-electron chi connectivity index (χ0n) is 12.0. The molecule has 0 saturated carbocycles. The van der Waals surface area contributed by atoms with Gasteiger partial charge in [-0.3, -0.25) is 0 Å². The Morgan fingerprint density at radius 1 is 0.571 bits per heavy atom. The SMILES string of the molecule is Cc1ccccc1P(c1ccccc1)c1ccccc1.[Bi]. The number of hydrogen-bond acceptors (Lipinski definition) is 0. The van der Waals surface area contributed by atoms with Crippen LogP contribution in [0.3, 0.4) is 0 Å². The molecule has 21 heavy (non-hydrogen) atoms. The monoisotopic (exact) mass is 485 g/mol. The van der Waals surface area contributed by atoms with E-state index in [1.54, 1.807) is 0 Å². The first kappa shape index (κ1) is 16.3. The van der Waals surface area contributed by atoms with Gasteiger partial charge < -0.3 is 0 Å². The van der Waals surface area contributed by atoms with Gasteiger partial charge in [0, 0.05) is 26.2 Å². The largest absolute Gasteiger partial charge is 0.0622 e. The van der Waals surface area contributed by atoms with Crippen LogP contribution in [0.4, 0.5) is 0 Å². The second kappa shape index (κ2) is 7.83. The van der Waals surface area contributed by atoms with Crippen molar-refractivity contribution in [2.24, 2.45) is 0 Å². The molecule has 0 amide bonds. The van der Waals surface area contributed by atoms with Crippen LogP contribution in [-0.4, -0.2) is 26.2 Å². The molecule has 3 aromatic carbocycles. The van der Waals surface area contributed by atoms with E-state index >= 15 is 0 Å². The molecule has 0 N–H and O–H groups in total. The van der Waals surface area contributed by atoms with Crippen molar-refractivity contribution in [1.29, 1.82) is 0 Å². The van der Waals surface area contributed by atoms with Gasteiger partial charge in [0.1, 0.15) is 0 Å². The number of rotatable bonds is 3.